The van der Waals surface area contributed by atoms with Crippen LogP contribution in [0.25, 0.3) is 0 Å². The summed E-state index contributed by atoms with van der Waals surface area (Å²) in [6.45, 7) is 1.61. The second-order valence-electron chi connectivity index (χ2n) is 6.94. The molecule has 3 amide bonds. The van der Waals surface area contributed by atoms with Gasteiger partial charge in [-0.15, -0.1) is 0 Å². The number of nitrogens with zero attached hydrogens (tertiary/aromatic N) is 1. The third kappa shape index (κ3) is 6.62. The number of carbonyl (C=O) groups is 3. The van der Waals surface area contributed by atoms with Crippen molar-refractivity contribution in [3.8, 4) is 0 Å². The molecule has 25 heavy (non-hydrogen) atoms. The molecule has 1 saturated carbocycles. The number of nitrogens with two attached hydrogens (primary N) is 1. The molecule has 1 unspecified atom stereocenters. The number of likely N-dealkylation sites (N-methyl/N-ethyl adjacent to an activating group) is 1. The average Bonchev–Trinajstić information content (AvgIpc) is 3.10. The first-order chi connectivity index (χ1) is 11.8. The zero-order valence-electron chi connectivity index (χ0n) is 15.5. The van der Waals surface area contributed by atoms with Crippen LogP contribution in [0.1, 0.15) is 45.4 Å². The average molecular weight is 356 g/mol. The van der Waals surface area contributed by atoms with Gasteiger partial charge in [0, 0.05) is 20.1 Å². The maximum Gasteiger partial charge on any atom is 0.250 e. The molecule has 0 aromatic heterocycles. The van der Waals surface area contributed by atoms with Crippen molar-refractivity contribution in [3.05, 3.63) is 0 Å². The molecule has 0 heterocycles. The van der Waals surface area contributed by atoms with Crippen LogP contribution in [-0.2, 0) is 14.4 Å². The third-order valence-corrected chi connectivity index (χ3v) is 4.61. The Morgan fingerprint density at radius 3 is 2.36 bits per heavy atom. The Balaban J connectivity index is 2.54. The van der Waals surface area contributed by atoms with Crippen LogP contribution >= 0.6 is 0 Å². The van der Waals surface area contributed by atoms with Crippen molar-refractivity contribution < 1.29 is 19.5 Å². The molecule has 0 saturated heterocycles. The summed E-state index contributed by atoms with van der Waals surface area (Å²) in [7, 11) is 3.31. The van der Waals surface area contributed by atoms with E-state index in [0.29, 0.717) is 6.42 Å². The minimum Gasteiger partial charge on any atom is -0.382 e. The molecule has 3 atom stereocenters. The minimum absolute atomic E-state index is 0.123. The first-order valence-corrected chi connectivity index (χ1v) is 8.99. The highest BCUT2D eigenvalue weighted by molar-refractivity contribution is 5.91. The molecule has 1 rings (SSSR count). The monoisotopic (exact) mass is 356 g/mol. The largest absolute Gasteiger partial charge is 0.382 e. The Bertz CT molecular complexity index is 464. The summed E-state index contributed by atoms with van der Waals surface area (Å²) in [6, 6.07) is -1.23. The van der Waals surface area contributed by atoms with E-state index in [0.717, 1.165) is 32.1 Å². The fourth-order valence-corrected chi connectivity index (χ4v) is 3.13. The normalized spacial score (nSPS) is 18.3. The molecule has 1 aliphatic rings. The molecule has 8 nitrogen and oxygen atoms in total. The van der Waals surface area contributed by atoms with E-state index in [1.807, 2.05) is 6.92 Å². The van der Waals surface area contributed by atoms with Gasteiger partial charge in [-0.1, -0.05) is 26.2 Å². The lowest BCUT2D eigenvalue weighted by atomic mass is 9.97. The van der Waals surface area contributed by atoms with Crippen molar-refractivity contribution >= 4 is 17.7 Å². The van der Waals surface area contributed by atoms with Crippen LogP contribution < -0.4 is 16.4 Å². The molecule has 1 fully saturated rings. The van der Waals surface area contributed by atoms with E-state index in [9.17, 15) is 19.5 Å². The predicted octanol–water partition coefficient (Wildman–Crippen LogP) is -0.646. The molecular weight excluding hydrogens is 324 g/mol. The molecule has 0 aliphatic heterocycles. The first-order valence-electron chi connectivity index (χ1n) is 8.99. The summed E-state index contributed by atoms with van der Waals surface area (Å²) < 4.78 is 0. The maximum atomic E-state index is 12.3. The summed E-state index contributed by atoms with van der Waals surface area (Å²) in [5.74, 6) is -1.14. The van der Waals surface area contributed by atoms with Gasteiger partial charge in [-0.3, -0.25) is 14.4 Å². The summed E-state index contributed by atoms with van der Waals surface area (Å²) in [4.78, 5) is 37.8. The highest BCUT2D eigenvalue weighted by Gasteiger charge is 2.33. The van der Waals surface area contributed by atoms with E-state index in [-0.39, 0.29) is 18.4 Å². The molecule has 0 radical (unpaired) electrons. The van der Waals surface area contributed by atoms with Gasteiger partial charge in [0.15, 0.2) is 0 Å². The zero-order valence-corrected chi connectivity index (χ0v) is 15.5. The van der Waals surface area contributed by atoms with E-state index in [2.05, 4.69) is 10.6 Å². The molecule has 8 heteroatoms. The zero-order chi connectivity index (χ0) is 19.0. The lowest BCUT2D eigenvalue weighted by Gasteiger charge is -2.26. The fourth-order valence-electron chi connectivity index (χ4n) is 3.13. The maximum absolute atomic E-state index is 12.3. The quantitative estimate of drug-likeness (QED) is 0.437. The van der Waals surface area contributed by atoms with Gasteiger partial charge < -0.3 is 26.4 Å². The lowest BCUT2D eigenvalue weighted by Crippen LogP contribution is -2.53. The minimum atomic E-state index is -1.35. The molecular formula is C17H32N4O4. The van der Waals surface area contributed by atoms with E-state index in [1.54, 1.807) is 14.1 Å². The Morgan fingerprint density at radius 2 is 1.84 bits per heavy atom. The van der Waals surface area contributed by atoms with Crippen LogP contribution in [0.2, 0.25) is 0 Å². The SMILES string of the molecule is CCC[C@H](N)C(O)C(=O)NCC(=O)N[C@H](C(=O)N(C)C)C1CCCC1. The summed E-state index contributed by atoms with van der Waals surface area (Å²) in [5, 5.41) is 14.9. The highest BCUT2D eigenvalue weighted by atomic mass is 16.3. The fraction of sp³-hybridized carbons (Fsp3) is 0.824. The van der Waals surface area contributed by atoms with Crippen molar-refractivity contribution in [1.29, 1.82) is 0 Å². The lowest BCUT2D eigenvalue weighted by molar-refractivity contribution is -0.136. The Morgan fingerprint density at radius 1 is 1.24 bits per heavy atom. The van der Waals surface area contributed by atoms with Crippen LogP contribution in [0.3, 0.4) is 0 Å². The van der Waals surface area contributed by atoms with Crippen LogP contribution in [0.15, 0.2) is 0 Å². The molecule has 0 bridgehead atoms. The second kappa shape index (κ2) is 10.4. The number of rotatable bonds is 9. The van der Waals surface area contributed by atoms with Gasteiger partial charge in [-0.2, -0.15) is 0 Å². The number of nitrogens with one attached hydrogen (secondary N) is 2. The van der Waals surface area contributed by atoms with E-state index in [4.69, 9.17) is 5.73 Å². The van der Waals surface area contributed by atoms with Gasteiger partial charge in [-0.25, -0.2) is 0 Å². The van der Waals surface area contributed by atoms with Crippen LogP contribution in [0, 0.1) is 5.92 Å². The third-order valence-electron chi connectivity index (χ3n) is 4.61. The number of hydrogen-bond acceptors (Lipinski definition) is 5. The van der Waals surface area contributed by atoms with Gasteiger partial charge in [0.2, 0.25) is 11.8 Å². The summed E-state index contributed by atoms with van der Waals surface area (Å²) >= 11 is 0. The number of amides is 3. The molecule has 144 valence electrons. The van der Waals surface area contributed by atoms with Crippen molar-refractivity contribution in [2.24, 2.45) is 11.7 Å². The number of carbonyl (C=O) groups excluding carboxylic acids is 3. The van der Waals surface area contributed by atoms with Crippen molar-refractivity contribution in [2.45, 2.75) is 63.6 Å². The molecule has 0 spiro atoms. The van der Waals surface area contributed by atoms with Crippen molar-refractivity contribution in [3.63, 3.8) is 0 Å². The van der Waals surface area contributed by atoms with Crippen molar-refractivity contribution in [2.75, 3.05) is 20.6 Å². The smallest absolute Gasteiger partial charge is 0.250 e. The molecule has 5 N–H and O–H groups in total. The Hall–Kier alpha value is -1.67. The summed E-state index contributed by atoms with van der Waals surface area (Å²) in [5.41, 5.74) is 5.71. The highest BCUT2D eigenvalue weighted by Crippen LogP contribution is 2.28. The molecule has 0 aromatic carbocycles. The van der Waals surface area contributed by atoms with Crippen LogP contribution in [0.5, 0.6) is 0 Å². The molecule has 1 aliphatic carbocycles. The van der Waals surface area contributed by atoms with Crippen LogP contribution in [0.4, 0.5) is 0 Å². The van der Waals surface area contributed by atoms with E-state index < -0.39 is 30.0 Å². The van der Waals surface area contributed by atoms with Gasteiger partial charge in [-0.05, 0) is 25.2 Å². The Labute approximate surface area is 149 Å². The molecule has 0 aromatic rings. The number of aliphatic hydroxyl groups is 1. The van der Waals surface area contributed by atoms with Gasteiger partial charge in [0.25, 0.3) is 5.91 Å². The Kier molecular flexibility index (Phi) is 8.85. The first kappa shape index (κ1) is 21.4. The van der Waals surface area contributed by atoms with E-state index in [1.165, 1.54) is 4.90 Å². The van der Waals surface area contributed by atoms with Gasteiger partial charge >= 0.3 is 0 Å². The van der Waals surface area contributed by atoms with Gasteiger partial charge in [0.05, 0.1) is 6.54 Å². The van der Waals surface area contributed by atoms with Crippen LogP contribution in [-0.4, -0.2) is 66.6 Å². The summed E-state index contributed by atoms with van der Waals surface area (Å²) in [6.07, 6.45) is 3.83. The second-order valence-corrected chi connectivity index (χ2v) is 6.94. The number of aliphatic hydroxyl groups excluding tert-OH is 1. The predicted molar refractivity (Wildman–Crippen MR) is 94.5 cm³/mol. The van der Waals surface area contributed by atoms with E-state index >= 15 is 0 Å². The standard InChI is InChI=1S/C17H32N4O4/c1-4-7-12(18)15(23)16(24)19-10-13(22)20-14(17(25)21(2)3)11-8-5-6-9-11/h11-12,14-15,23H,4-10,18H2,1-3H3,(H,19,24)(H,20,22)/t12-,14-,15?/m0/s1. The van der Waals surface area contributed by atoms with Gasteiger partial charge in [0.1, 0.15) is 12.1 Å². The topological polar surface area (TPSA) is 125 Å². The number of hydrogen-bond donors (Lipinski definition) is 4. The van der Waals surface area contributed by atoms with Crippen molar-refractivity contribution in [1.82, 2.24) is 15.5 Å².